The molecule has 8 nitrogen and oxygen atoms in total. The van der Waals surface area contributed by atoms with E-state index in [-0.39, 0.29) is 29.0 Å². The molecule has 0 unspecified atom stereocenters. The third-order valence-corrected chi connectivity index (χ3v) is 3.80. The number of unbranched alkanes of at least 4 members (excludes halogenated alkanes) is 2. The van der Waals surface area contributed by atoms with Gasteiger partial charge in [0, 0.05) is 6.07 Å². The minimum atomic E-state index is -1.52. The van der Waals surface area contributed by atoms with Crippen LogP contribution in [0.3, 0.4) is 0 Å². The summed E-state index contributed by atoms with van der Waals surface area (Å²) in [4.78, 5) is 33.8. The predicted octanol–water partition coefficient (Wildman–Crippen LogP) is 3.93. The van der Waals surface area contributed by atoms with E-state index in [0.717, 1.165) is 6.42 Å². The Morgan fingerprint density at radius 2 is 1.77 bits per heavy atom. The van der Waals surface area contributed by atoms with Gasteiger partial charge in [-0.3, -0.25) is 10.1 Å². The first-order valence-electron chi connectivity index (χ1n) is 8.47. The summed E-state index contributed by atoms with van der Waals surface area (Å²) in [6.45, 7) is 3.77. The molecule has 0 aromatic heterocycles. The Morgan fingerprint density at radius 3 is 2.27 bits per heavy atom. The van der Waals surface area contributed by atoms with Gasteiger partial charge >= 0.3 is 11.9 Å². The van der Waals surface area contributed by atoms with Crippen molar-refractivity contribution in [3.63, 3.8) is 0 Å². The summed E-state index contributed by atoms with van der Waals surface area (Å²) in [7, 11) is 0. The number of carbonyl (C=O) groups is 2. The molecule has 0 atom stereocenters. The zero-order chi connectivity index (χ0) is 19.7. The van der Waals surface area contributed by atoms with Crippen molar-refractivity contribution < 1.29 is 29.5 Å². The second-order valence-corrected chi connectivity index (χ2v) is 5.74. The number of aliphatic carboxylic acids is 2. The Balaban J connectivity index is 3.43. The van der Waals surface area contributed by atoms with Gasteiger partial charge in [-0.25, -0.2) is 9.59 Å². The van der Waals surface area contributed by atoms with Crippen molar-refractivity contribution >= 4 is 17.6 Å². The molecular formula is C18H23NO7. The van der Waals surface area contributed by atoms with Crippen LogP contribution in [-0.2, 0) is 16.0 Å². The number of hydrogen-bond acceptors (Lipinski definition) is 5. The van der Waals surface area contributed by atoms with Crippen LogP contribution in [0.15, 0.2) is 29.5 Å². The smallest absolute Gasteiger partial charge is 0.372 e. The van der Waals surface area contributed by atoms with Crippen molar-refractivity contribution in [1.29, 1.82) is 0 Å². The predicted molar refractivity (Wildman–Crippen MR) is 94.2 cm³/mol. The number of nitrogens with zero attached hydrogens (tertiary/aromatic N) is 1. The first-order valence-corrected chi connectivity index (χ1v) is 8.47. The highest BCUT2D eigenvalue weighted by molar-refractivity contribution is 5.97. The Hall–Kier alpha value is -2.90. The summed E-state index contributed by atoms with van der Waals surface area (Å²) in [5.74, 6) is -3.60. The molecule has 8 heteroatoms. The van der Waals surface area contributed by atoms with E-state index in [9.17, 15) is 29.9 Å². The van der Waals surface area contributed by atoms with Crippen LogP contribution in [0.5, 0.6) is 5.75 Å². The average molecular weight is 365 g/mol. The molecule has 0 amide bonds. The topological polar surface area (TPSA) is 127 Å². The van der Waals surface area contributed by atoms with Crippen LogP contribution in [0.4, 0.5) is 5.69 Å². The van der Waals surface area contributed by atoms with Crippen molar-refractivity contribution in [2.75, 3.05) is 0 Å². The summed E-state index contributed by atoms with van der Waals surface area (Å²) < 4.78 is 5.41. The molecule has 0 bridgehead atoms. The maximum atomic E-state index is 11.6. The largest absolute Gasteiger partial charge is 0.478 e. The quantitative estimate of drug-likeness (QED) is 0.263. The molecule has 0 radical (unpaired) electrons. The van der Waals surface area contributed by atoms with Crippen LogP contribution in [-0.4, -0.2) is 27.1 Å². The number of hydrogen-bond donors (Lipinski definition) is 2. The summed E-state index contributed by atoms with van der Waals surface area (Å²) in [6.07, 6.45) is 2.96. The highest BCUT2D eigenvalue weighted by Gasteiger charge is 2.25. The maximum Gasteiger partial charge on any atom is 0.372 e. The summed E-state index contributed by atoms with van der Waals surface area (Å²) in [6, 6.07) is 4.12. The Kier molecular flexibility index (Phi) is 8.27. The van der Waals surface area contributed by atoms with Crippen molar-refractivity contribution in [2.24, 2.45) is 0 Å². The van der Waals surface area contributed by atoms with Gasteiger partial charge in [0.1, 0.15) is 5.75 Å². The van der Waals surface area contributed by atoms with E-state index in [4.69, 9.17) is 4.74 Å². The molecule has 0 aliphatic carbocycles. The fourth-order valence-electron chi connectivity index (χ4n) is 2.44. The van der Waals surface area contributed by atoms with Crippen molar-refractivity contribution in [3.8, 4) is 5.75 Å². The highest BCUT2D eigenvalue weighted by atomic mass is 16.6. The first kappa shape index (κ1) is 21.1. The van der Waals surface area contributed by atoms with Crippen LogP contribution < -0.4 is 4.74 Å². The molecule has 1 rings (SSSR count). The first-order chi connectivity index (χ1) is 12.3. The normalized spacial score (nSPS) is 11.6. The van der Waals surface area contributed by atoms with Gasteiger partial charge in [0.2, 0.25) is 5.76 Å². The number of nitro groups is 1. The van der Waals surface area contributed by atoms with Gasteiger partial charge in [-0.05, 0) is 31.7 Å². The van der Waals surface area contributed by atoms with Crippen molar-refractivity contribution in [2.45, 2.75) is 52.4 Å². The average Bonchev–Trinajstić information content (AvgIpc) is 2.58. The zero-order valence-electron chi connectivity index (χ0n) is 14.9. The van der Waals surface area contributed by atoms with Crippen molar-refractivity contribution in [3.05, 3.63) is 45.2 Å². The number of ether oxygens (including phenoxy) is 1. The minimum absolute atomic E-state index is 0.000276. The molecule has 0 aliphatic heterocycles. The summed E-state index contributed by atoms with van der Waals surface area (Å²) in [5.41, 5.74) is -0.267. The lowest BCUT2D eigenvalue weighted by molar-refractivity contribution is -0.385. The molecular weight excluding hydrogens is 342 g/mol. The van der Waals surface area contributed by atoms with E-state index in [1.807, 2.05) is 13.8 Å². The molecule has 26 heavy (non-hydrogen) atoms. The third kappa shape index (κ3) is 5.58. The van der Waals surface area contributed by atoms with Crippen LogP contribution in [0.1, 0.15) is 51.5 Å². The highest BCUT2D eigenvalue weighted by Crippen LogP contribution is 2.32. The maximum absolute atomic E-state index is 11.6. The molecule has 142 valence electrons. The lowest BCUT2D eigenvalue weighted by Gasteiger charge is -2.14. The monoisotopic (exact) mass is 365 g/mol. The molecule has 1 aromatic rings. The SMILES string of the molecule is CCCCC(C(=O)O)=C(Oc1cccc([N+](=O)[O-])c1CCCC)C(=O)O. The molecule has 0 saturated heterocycles. The van der Waals surface area contributed by atoms with Gasteiger partial charge < -0.3 is 14.9 Å². The lowest BCUT2D eigenvalue weighted by atomic mass is 10.0. The van der Waals surface area contributed by atoms with Crippen LogP contribution in [0, 0.1) is 10.1 Å². The number of carboxylic acid groups (broad SMARTS) is 2. The van der Waals surface area contributed by atoms with Crippen molar-refractivity contribution in [1.82, 2.24) is 0 Å². The van der Waals surface area contributed by atoms with Gasteiger partial charge in [-0.2, -0.15) is 0 Å². The van der Waals surface area contributed by atoms with Gasteiger partial charge in [-0.15, -0.1) is 0 Å². The van der Waals surface area contributed by atoms with Crippen LogP contribution in [0.2, 0.25) is 0 Å². The summed E-state index contributed by atoms with van der Waals surface area (Å²) >= 11 is 0. The van der Waals surface area contributed by atoms with Gasteiger partial charge in [0.15, 0.2) is 0 Å². The molecule has 1 aromatic carbocycles. The van der Waals surface area contributed by atoms with Gasteiger partial charge in [-0.1, -0.05) is 32.8 Å². The molecule has 0 spiro atoms. The molecule has 0 aliphatic rings. The van der Waals surface area contributed by atoms with Crippen LogP contribution >= 0.6 is 0 Å². The lowest BCUT2D eigenvalue weighted by Crippen LogP contribution is -2.17. The third-order valence-electron chi connectivity index (χ3n) is 3.80. The second kappa shape index (κ2) is 10.2. The second-order valence-electron chi connectivity index (χ2n) is 5.74. The standard InChI is InChI=1S/C18H23NO7/c1-3-5-8-12-14(19(24)25)10-7-11-15(12)26-16(18(22)23)13(17(20)21)9-6-4-2/h7,10-11H,3-6,8-9H2,1-2H3,(H,20,21)(H,22,23). The number of carboxylic acids is 2. The molecule has 2 N–H and O–H groups in total. The molecule has 0 saturated carbocycles. The van der Waals surface area contributed by atoms with E-state index < -0.39 is 22.6 Å². The van der Waals surface area contributed by atoms with Crippen LogP contribution in [0.25, 0.3) is 0 Å². The number of rotatable bonds is 11. The number of nitro benzene ring substituents is 1. The van der Waals surface area contributed by atoms with E-state index in [1.54, 1.807) is 0 Å². The molecule has 0 fully saturated rings. The van der Waals surface area contributed by atoms with E-state index >= 15 is 0 Å². The fraction of sp³-hybridized carbons (Fsp3) is 0.444. The summed E-state index contributed by atoms with van der Waals surface area (Å²) in [5, 5.41) is 30.0. The molecule has 0 heterocycles. The Morgan fingerprint density at radius 1 is 1.12 bits per heavy atom. The van der Waals surface area contributed by atoms with E-state index in [0.29, 0.717) is 25.7 Å². The van der Waals surface area contributed by atoms with E-state index in [1.165, 1.54) is 18.2 Å². The fourth-order valence-corrected chi connectivity index (χ4v) is 2.44. The zero-order valence-corrected chi connectivity index (χ0v) is 14.9. The van der Waals surface area contributed by atoms with Gasteiger partial charge in [0.25, 0.3) is 5.69 Å². The minimum Gasteiger partial charge on any atom is -0.478 e. The van der Waals surface area contributed by atoms with E-state index in [2.05, 4.69) is 0 Å². The van der Waals surface area contributed by atoms with Gasteiger partial charge in [0.05, 0.1) is 16.1 Å². The Bertz CT molecular complexity index is 709. The number of benzene rings is 1. The Labute approximate surface area is 151 Å².